The standard InChI is InChI=1S/C15H20O/c1-2-14-10-6-7-11-15(14)16-12-13-8-4-3-5-9-13/h2-5,8-9,14-15H,1,6-7,10-12H2/t14-,15-/m0/s1. The third-order valence-corrected chi connectivity index (χ3v) is 3.36. The average molecular weight is 216 g/mol. The van der Waals surface area contributed by atoms with Gasteiger partial charge in [-0.2, -0.15) is 0 Å². The van der Waals surface area contributed by atoms with Gasteiger partial charge in [0.15, 0.2) is 0 Å². The molecule has 0 N–H and O–H groups in total. The van der Waals surface area contributed by atoms with E-state index in [2.05, 4.69) is 36.9 Å². The second-order valence-electron chi connectivity index (χ2n) is 4.52. The van der Waals surface area contributed by atoms with E-state index in [0.29, 0.717) is 12.0 Å². The van der Waals surface area contributed by atoms with E-state index in [0.717, 1.165) is 6.61 Å². The van der Waals surface area contributed by atoms with Gasteiger partial charge in [0.05, 0.1) is 12.7 Å². The lowest BCUT2D eigenvalue weighted by atomic mass is 9.86. The Morgan fingerprint density at radius 3 is 2.69 bits per heavy atom. The maximum Gasteiger partial charge on any atom is 0.0720 e. The summed E-state index contributed by atoms with van der Waals surface area (Å²) >= 11 is 0. The smallest absolute Gasteiger partial charge is 0.0720 e. The summed E-state index contributed by atoms with van der Waals surface area (Å²) in [7, 11) is 0. The summed E-state index contributed by atoms with van der Waals surface area (Å²) in [5.74, 6) is 0.553. The van der Waals surface area contributed by atoms with Gasteiger partial charge in [-0.25, -0.2) is 0 Å². The van der Waals surface area contributed by atoms with Gasteiger partial charge in [-0.3, -0.25) is 0 Å². The Morgan fingerprint density at radius 2 is 1.94 bits per heavy atom. The second kappa shape index (κ2) is 5.86. The van der Waals surface area contributed by atoms with Crippen molar-refractivity contribution in [3.63, 3.8) is 0 Å². The lowest BCUT2D eigenvalue weighted by Gasteiger charge is -2.29. The Labute approximate surface area is 98.1 Å². The molecule has 1 aliphatic rings. The summed E-state index contributed by atoms with van der Waals surface area (Å²) in [4.78, 5) is 0. The predicted octanol–water partition coefficient (Wildman–Crippen LogP) is 3.95. The van der Waals surface area contributed by atoms with Gasteiger partial charge in [0.25, 0.3) is 0 Å². The van der Waals surface area contributed by atoms with Crippen molar-refractivity contribution in [3.05, 3.63) is 48.6 Å². The molecule has 0 heterocycles. The molecule has 0 spiro atoms. The lowest BCUT2D eigenvalue weighted by molar-refractivity contribution is -0.00692. The molecule has 1 heteroatoms. The molecule has 0 saturated heterocycles. The lowest BCUT2D eigenvalue weighted by Crippen LogP contribution is -2.26. The first-order valence-electron chi connectivity index (χ1n) is 6.18. The van der Waals surface area contributed by atoms with Crippen molar-refractivity contribution >= 4 is 0 Å². The van der Waals surface area contributed by atoms with E-state index in [1.54, 1.807) is 0 Å². The molecule has 2 atom stereocenters. The van der Waals surface area contributed by atoms with E-state index in [1.807, 2.05) is 6.07 Å². The van der Waals surface area contributed by atoms with Crippen LogP contribution in [-0.2, 0) is 11.3 Å². The van der Waals surface area contributed by atoms with Crippen LogP contribution in [0.15, 0.2) is 43.0 Å². The van der Waals surface area contributed by atoms with Gasteiger partial charge in [-0.1, -0.05) is 49.2 Å². The van der Waals surface area contributed by atoms with E-state index in [1.165, 1.54) is 31.2 Å². The Balaban J connectivity index is 1.86. The monoisotopic (exact) mass is 216 g/mol. The maximum absolute atomic E-state index is 6.00. The highest BCUT2D eigenvalue weighted by molar-refractivity contribution is 5.13. The molecule has 0 aliphatic heterocycles. The maximum atomic E-state index is 6.00. The Morgan fingerprint density at radius 1 is 1.19 bits per heavy atom. The summed E-state index contributed by atoms with van der Waals surface area (Å²) in [6.45, 7) is 4.64. The van der Waals surface area contributed by atoms with E-state index >= 15 is 0 Å². The third kappa shape index (κ3) is 2.96. The third-order valence-electron chi connectivity index (χ3n) is 3.36. The number of rotatable bonds is 4. The number of benzene rings is 1. The van der Waals surface area contributed by atoms with Crippen LogP contribution in [0.2, 0.25) is 0 Å². The quantitative estimate of drug-likeness (QED) is 0.692. The molecule has 86 valence electrons. The van der Waals surface area contributed by atoms with Crippen molar-refractivity contribution in [1.29, 1.82) is 0 Å². The molecule has 0 bridgehead atoms. The van der Waals surface area contributed by atoms with Crippen LogP contribution in [0.5, 0.6) is 0 Å². The van der Waals surface area contributed by atoms with E-state index < -0.39 is 0 Å². The zero-order valence-corrected chi connectivity index (χ0v) is 9.77. The molecule has 0 amide bonds. The highest BCUT2D eigenvalue weighted by Crippen LogP contribution is 2.28. The first-order valence-corrected chi connectivity index (χ1v) is 6.18. The van der Waals surface area contributed by atoms with Crippen LogP contribution in [0.4, 0.5) is 0 Å². The molecular formula is C15H20O. The van der Waals surface area contributed by atoms with Crippen molar-refractivity contribution in [2.75, 3.05) is 0 Å². The fourth-order valence-electron chi connectivity index (χ4n) is 2.38. The topological polar surface area (TPSA) is 9.23 Å². The van der Waals surface area contributed by atoms with Crippen molar-refractivity contribution in [2.45, 2.75) is 38.4 Å². The fraction of sp³-hybridized carbons (Fsp3) is 0.467. The van der Waals surface area contributed by atoms with E-state index in [-0.39, 0.29) is 0 Å². The second-order valence-corrected chi connectivity index (χ2v) is 4.52. The molecule has 1 aromatic rings. The normalized spacial score (nSPS) is 25.2. The van der Waals surface area contributed by atoms with Gasteiger partial charge in [-0.05, 0) is 18.4 Å². The van der Waals surface area contributed by atoms with E-state index in [4.69, 9.17) is 4.74 Å². The summed E-state index contributed by atoms with van der Waals surface area (Å²) in [6, 6.07) is 10.4. The summed E-state index contributed by atoms with van der Waals surface area (Å²) in [5.41, 5.74) is 1.26. The Kier molecular flexibility index (Phi) is 4.17. The molecule has 16 heavy (non-hydrogen) atoms. The molecule has 2 rings (SSSR count). The van der Waals surface area contributed by atoms with Gasteiger partial charge in [-0.15, -0.1) is 6.58 Å². The number of hydrogen-bond acceptors (Lipinski definition) is 1. The van der Waals surface area contributed by atoms with Gasteiger partial charge in [0.2, 0.25) is 0 Å². The van der Waals surface area contributed by atoms with Crippen LogP contribution >= 0.6 is 0 Å². The van der Waals surface area contributed by atoms with Crippen LogP contribution in [0.1, 0.15) is 31.2 Å². The predicted molar refractivity (Wildman–Crippen MR) is 67.2 cm³/mol. The van der Waals surface area contributed by atoms with Crippen molar-refractivity contribution in [3.8, 4) is 0 Å². The van der Waals surface area contributed by atoms with Crippen molar-refractivity contribution in [2.24, 2.45) is 5.92 Å². The highest BCUT2D eigenvalue weighted by Gasteiger charge is 2.22. The van der Waals surface area contributed by atoms with Crippen LogP contribution in [0, 0.1) is 5.92 Å². The van der Waals surface area contributed by atoms with Gasteiger partial charge >= 0.3 is 0 Å². The molecule has 0 aromatic heterocycles. The van der Waals surface area contributed by atoms with Crippen LogP contribution in [0.25, 0.3) is 0 Å². The minimum atomic E-state index is 0.381. The largest absolute Gasteiger partial charge is 0.373 e. The number of ether oxygens (including phenoxy) is 1. The zero-order valence-electron chi connectivity index (χ0n) is 9.77. The minimum absolute atomic E-state index is 0.381. The molecular weight excluding hydrogens is 196 g/mol. The SMILES string of the molecule is C=C[C@H]1CCCC[C@@H]1OCc1ccccc1. The molecule has 1 saturated carbocycles. The first kappa shape index (κ1) is 11.4. The molecule has 0 radical (unpaired) electrons. The van der Waals surface area contributed by atoms with Crippen molar-refractivity contribution in [1.82, 2.24) is 0 Å². The van der Waals surface area contributed by atoms with Crippen LogP contribution < -0.4 is 0 Å². The first-order chi connectivity index (χ1) is 7.90. The van der Waals surface area contributed by atoms with Gasteiger partial charge in [0.1, 0.15) is 0 Å². The Bertz CT molecular complexity index is 317. The molecule has 0 unspecified atom stereocenters. The van der Waals surface area contributed by atoms with Gasteiger partial charge in [0, 0.05) is 5.92 Å². The van der Waals surface area contributed by atoms with E-state index in [9.17, 15) is 0 Å². The average Bonchev–Trinajstić information content (AvgIpc) is 2.38. The number of hydrogen-bond donors (Lipinski definition) is 0. The minimum Gasteiger partial charge on any atom is -0.373 e. The molecule has 1 nitrogen and oxygen atoms in total. The molecule has 1 aliphatic carbocycles. The van der Waals surface area contributed by atoms with Crippen LogP contribution in [0.3, 0.4) is 0 Å². The molecule has 1 fully saturated rings. The summed E-state index contributed by atoms with van der Waals surface area (Å²) < 4.78 is 6.00. The Hall–Kier alpha value is -1.08. The summed E-state index contributed by atoms with van der Waals surface area (Å²) in [5, 5.41) is 0. The van der Waals surface area contributed by atoms with Crippen LogP contribution in [-0.4, -0.2) is 6.10 Å². The highest BCUT2D eigenvalue weighted by atomic mass is 16.5. The van der Waals surface area contributed by atoms with Crippen molar-refractivity contribution < 1.29 is 4.74 Å². The summed E-state index contributed by atoms with van der Waals surface area (Å²) in [6.07, 6.45) is 7.49. The van der Waals surface area contributed by atoms with Gasteiger partial charge < -0.3 is 4.74 Å². The zero-order chi connectivity index (χ0) is 11.2. The molecule has 1 aromatic carbocycles. The fourth-order valence-corrected chi connectivity index (χ4v) is 2.38.